The van der Waals surface area contributed by atoms with Crippen LogP contribution in [0.2, 0.25) is 0 Å². The molecule has 0 aliphatic heterocycles. The van der Waals surface area contributed by atoms with E-state index in [9.17, 15) is 4.79 Å². The number of aromatic nitrogens is 2. The highest BCUT2D eigenvalue weighted by Crippen LogP contribution is 2.26. The van der Waals surface area contributed by atoms with Crippen molar-refractivity contribution in [1.82, 2.24) is 10.1 Å². The molecule has 23 heavy (non-hydrogen) atoms. The zero-order valence-corrected chi connectivity index (χ0v) is 12.7. The lowest BCUT2D eigenvalue weighted by Gasteiger charge is -2.07. The smallest absolute Gasteiger partial charge is 0.261 e. The Morgan fingerprint density at radius 3 is 2.87 bits per heavy atom. The van der Waals surface area contributed by atoms with Crippen LogP contribution in [0.3, 0.4) is 0 Å². The van der Waals surface area contributed by atoms with Gasteiger partial charge in [-0.05, 0) is 31.2 Å². The molecule has 0 fully saturated rings. The van der Waals surface area contributed by atoms with Crippen LogP contribution >= 0.6 is 0 Å². The van der Waals surface area contributed by atoms with Crippen molar-refractivity contribution >= 4 is 11.6 Å². The molecule has 0 bridgehead atoms. The van der Waals surface area contributed by atoms with Crippen molar-refractivity contribution in [2.45, 2.75) is 6.92 Å². The molecule has 2 aromatic heterocycles. The van der Waals surface area contributed by atoms with Gasteiger partial charge in [-0.15, -0.1) is 0 Å². The third kappa shape index (κ3) is 3.06. The Bertz CT molecular complexity index is 828. The molecule has 1 N–H and O–H groups in total. The number of ether oxygens (including phenoxy) is 1. The maximum atomic E-state index is 12.6. The molecule has 1 amide bonds. The Kier molecular flexibility index (Phi) is 4.05. The van der Waals surface area contributed by atoms with E-state index >= 15 is 0 Å². The van der Waals surface area contributed by atoms with Gasteiger partial charge in [0.1, 0.15) is 22.8 Å². The molecule has 6 heteroatoms. The van der Waals surface area contributed by atoms with Gasteiger partial charge >= 0.3 is 0 Å². The van der Waals surface area contributed by atoms with Crippen LogP contribution in [0.4, 0.5) is 5.69 Å². The average molecular weight is 309 g/mol. The van der Waals surface area contributed by atoms with E-state index in [0.29, 0.717) is 28.5 Å². The van der Waals surface area contributed by atoms with Crippen LogP contribution in [-0.4, -0.2) is 23.2 Å². The van der Waals surface area contributed by atoms with Crippen molar-refractivity contribution < 1.29 is 14.1 Å². The molecule has 3 rings (SSSR count). The molecule has 116 valence electrons. The summed E-state index contributed by atoms with van der Waals surface area (Å²) in [6.45, 7) is 1.70. The van der Waals surface area contributed by atoms with Crippen LogP contribution in [0.5, 0.6) is 5.75 Å². The number of rotatable bonds is 4. The molecule has 1 aromatic carbocycles. The van der Waals surface area contributed by atoms with Crippen LogP contribution < -0.4 is 10.1 Å². The number of carbonyl (C=O) groups excluding carboxylic acids is 1. The number of pyridine rings is 1. The zero-order chi connectivity index (χ0) is 16.2. The van der Waals surface area contributed by atoms with Gasteiger partial charge in [0, 0.05) is 29.7 Å². The van der Waals surface area contributed by atoms with E-state index in [1.165, 1.54) is 0 Å². The first kappa shape index (κ1) is 14.8. The van der Waals surface area contributed by atoms with Crippen LogP contribution in [-0.2, 0) is 0 Å². The number of amides is 1. The second-order valence-electron chi connectivity index (χ2n) is 4.89. The minimum atomic E-state index is -0.296. The summed E-state index contributed by atoms with van der Waals surface area (Å²) in [7, 11) is 1.57. The van der Waals surface area contributed by atoms with E-state index in [2.05, 4.69) is 15.5 Å². The van der Waals surface area contributed by atoms with E-state index in [0.717, 1.165) is 5.56 Å². The highest BCUT2D eigenvalue weighted by atomic mass is 16.5. The number of methoxy groups -OCH3 is 1. The van der Waals surface area contributed by atoms with Gasteiger partial charge in [0.25, 0.3) is 5.91 Å². The zero-order valence-electron chi connectivity index (χ0n) is 12.7. The highest BCUT2D eigenvalue weighted by Gasteiger charge is 2.21. The summed E-state index contributed by atoms with van der Waals surface area (Å²) in [5, 5.41) is 6.81. The number of benzene rings is 1. The number of carbonyl (C=O) groups is 1. The topological polar surface area (TPSA) is 77.2 Å². The molecule has 0 radical (unpaired) electrons. The normalized spacial score (nSPS) is 10.3. The molecule has 0 saturated carbocycles. The second-order valence-corrected chi connectivity index (χ2v) is 4.89. The van der Waals surface area contributed by atoms with Crippen molar-refractivity contribution in [1.29, 1.82) is 0 Å². The number of nitrogens with one attached hydrogen (secondary N) is 1. The first-order valence-electron chi connectivity index (χ1n) is 7.01. The van der Waals surface area contributed by atoms with Gasteiger partial charge in [0.05, 0.1) is 7.11 Å². The van der Waals surface area contributed by atoms with E-state index in [-0.39, 0.29) is 5.91 Å². The summed E-state index contributed by atoms with van der Waals surface area (Å²) >= 11 is 0. The molecule has 6 nitrogen and oxygen atoms in total. The predicted octanol–water partition coefficient (Wildman–Crippen LogP) is 3.31. The quantitative estimate of drug-likeness (QED) is 0.800. The van der Waals surface area contributed by atoms with Crippen molar-refractivity contribution in [3.63, 3.8) is 0 Å². The van der Waals surface area contributed by atoms with Gasteiger partial charge in [0.15, 0.2) is 0 Å². The number of anilines is 1. The summed E-state index contributed by atoms with van der Waals surface area (Å²) in [5.74, 6) is 0.817. The first-order chi connectivity index (χ1) is 11.2. The fraction of sp³-hybridized carbons (Fsp3) is 0.118. The molecule has 0 aliphatic rings. The lowest BCUT2D eigenvalue weighted by Crippen LogP contribution is -2.13. The maximum absolute atomic E-state index is 12.6. The highest BCUT2D eigenvalue weighted by molar-refractivity contribution is 6.08. The maximum Gasteiger partial charge on any atom is 0.261 e. The largest absolute Gasteiger partial charge is 0.497 e. The van der Waals surface area contributed by atoms with Crippen molar-refractivity contribution in [3.05, 3.63) is 60.1 Å². The minimum Gasteiger partial charge on any atom is -0.497 e. The number of nitrogens with zero attached hydrogens (tertiary/aromatic N) is 2. The Morgan fingerprint density at radius 1 is 1.26 bits per heavy atom. The minimum absolute atomic E-state index is 0.296. The summed E-state index contributed by atoms with van der Waals surface area (Å²) < 4.78 is 10.3. The van der Waals surface area contributed by atoms with E-state index in [1.54, 1.807) is 56.8 Å². The predicted molar refractivity (Wildman–Crippen MR) is 85.4 cm³/mol. The fourth-order valence-electron chi connectivity index (χ4n) is 2.23. The van der Waals surface area contributed by atoms with Crippen LogP contribution in [0.25, 0.3) is 11.3 Å². The molecular formula is C17H15N3O3. The lowest BCUT2D eigenvalue weighted by molar-refractivity contribution is 0.102. The van der Waals surface area contributed by atoms with Gasteiger partial charge in [-0.2, -0.15) is 0 Å². The van der Waals surface area contributed by atoms with Gasteiger partial charge in [0.2, 0.25) is 0 Å². The van der Waals surface area contributed by atoms with Gasteiger partial charge < -0.3 is 14.6 Å². The van der Waals surface area contributed by atoms with E-state index in [1.807, 2.05) is 6.07 Å². The molecule has 2 heterocycles. The number of hydrogen-bond donors (Lipinski definition) is 1. The standard InChI is InChI=1S/C17H15N3O3/c1-11-15(16(20-23-11)12-5-4-8-18-10-12)17(21)19-13-6-3-7-14(9-13)22-2/h3-10H,1-2H3,(H,19,21). The van der Waals surface area contributed by atoms with E-state index in [4.69, 9.17) is 9.26 Å². The third-order valence-electron chi connectivity index (χ3n) is 3.35. The third-order valence-corrected chi connectivity index (χ3v) is 3.35. The van der Waals surface area contributed by atoms with Crippen molar-refractivity contribution in [2.24, 2.45) is 0 Å². The molecule has 0 unspecified atom stereocenters. The Labute approximate surface area is 133 Å². The lowest BCUT2D eigenvalue weighted by atomic mass is 10.1. The summed E-state index contributed by atoms with van der Waals surface area (Å²) in [6.07, 6.45) is 3.30. The van der Waals surface area contributed by atoms with Crippen molar-refractivity contribution in [2.75, 3.05) is 12.4 Å². The second kappa shape index (κ2) is 6.31. The van der Waals surface area contributed by atoms with Gasteiger partial charge in [-0.25, -0.2) is 0 Å². The summed E-state index contributed by atoms with van der Waals surface area (Å²) in [6, 6.07) is 10.7. The monoisotopic (exact) mass is 309 g/mol. The Morgan fingerprint density at radius 2 is 2.13 bits per heavy atom. The molecule has 3 aromatic rings. The van der Waals surface area contributed by atoms with Crippen molar-refractivity contribution in [3.8, 4) is 17.0 Å². The Hall–Kier alpha value is -3.15. The van der Waals surface area contributed by atoms with Crippen LogP contribution in [0.15, 0.2) is 53.3 Å². The van der Waals surface area contributed by atoms with Gasteiger partial charge in [-0.3, -0.25) is 9.78 Å². The number of aryl methyl sites for hydroxylation is 1. The number of hydrogen-bond acceptors (Lipinski definition) is 5. The van der Waals surface area contributed by atoms with Crippen LogP contribution in [0, 0.1) is 6.92 Å². The van der Waals surface area contributed by atoms with Crippen LogP contribution in [0.1, 0.15) is 16.1 Å². The summed E-state index contributed by atoms with van der Waals surface area (Å²) in [4.78, 5) is 16.7. The molecular weight excluding hydrogens is 294 g/mol. The Balaban J connectivity index is 1.92. The average Bonchev–Trinajstić information content (AvgIpc) is 2.97. The fourth-order valence-corrected chi connectivity index (χ4v) is 2.23. The SMILES string of the molecule is COc1cccc(NC(=O)c2c(-c3cccnc3)noc2C)c1. The summed E-state index contributed by atoms with van der Waals surface area (Å²) in [5.41, 5.74) is 2.21. The van der Waals surface area contributed by atoms with E-state index < -0.39 is 0 Å². The molecule has 0 aliphatic carbocycles. The molecule has 0 saturated heterocycles. The molecule has 0 spiro atoms. The first-order valence-corrected chi connectivity index (χ1v) is 7.01. The van der Waals surface area contributed by atoms with Gasteiger partial charge in [-0.1, -0.05) is 11.2 Å². The molecule has 0 atom stereocenters.